The minimum atomic E-state index is 0.175. The van der Waals surface area contributed by atoms with Crippen molar-refractivity contribution >= 4 is 5.91 Å². The summed E-state index contributed by atoms with van der Waals surface area (Å²) in [7, 11) is 1.66. The first-order valence-electron chi connectivity index (χ1n) is 9.21. The fraction of sp³-hybridized carbons (Fsp3) is 0.500. The molecular weight excluding hydrogens is 314 g/mol. The average Bonchev–Trinajstić information content (AvgIpc) is 3.11. The van der Waals surface area contributed by atoms with E-state index in [-0.39, 0.29) is 5.91 Å². The van der Waals surface area contributed by atoms with Crippen LogP contribution in [0.1, 0.15) is 44.9 Å². The smallest absolute Gasteiger partial charge is 0.220 e. The van der Waals surface area contributed by atoms with Crippen molar-refractivity contribution in [3.8, 4) is 16.9 Å². The molecule has 0 unspecified atom stereocenters. The summed E-state index contributed by atoms with van der Waals surface area (Å²) in [5, 5.41) is 7.57. The fourth-order valence-electron chi connectivity index (χ4n) is 3.37. The van der Waals surface area contributed by atoms with Gasteiger partial charge in [-0.1, -0.05) is 31.4 Å². The Balaban J connectivity index is 1.44. The van der Waals surface area contributed by atoms with Crippen molar-refractivity contribution in [2.75, 3.05) is 7.11 Å². The predicted molar refractivity (Wildman–Crippen MR) is 98.5 cm³/mol. The third-order valence-electron chi connectivity index (χ3n) is 4.82. The van der Waals surface area contributed by atoms with E-state index in [2.05, 4.69) is 10.4 Å². The van der Waals surface area contributed by atoms with Crippen LogP contribution in [-0.2, 0) is 11.3 Å². The summed E-state index contributed by atoms with van der Waals surface area (Å²) in [5.41, 5.74) is 2.19. The molecular formula is C20H27N3O2. The van der Waals surface area contributed by atoms with Crippen molar-refractivity contribution < 1.29 is 9.53 Å². The van der Waals surface area contributed by atoms with Crippen molar-refractivity contribution in [3.63, 3.8) is 0 Å². The van der Waals surface area contributed by atoms with Gasteiger partial charge in [-0.05, 0) is 37.0 Å². The molecule has 1 aliphatic carbocycles. The van der Waals surface area contributed by atoms with Crippen molar-refractivity contribution in [3.05, 3.63) is 36.7 Å². The molecule has 1 aliphatic rings. The highest BCUT2D eigenvalue weighted by Gasteiger charge is 2.15. The summed E-state index contributed by atoms with van der Waals surface area (Å²) in [5.74, 6) is 1.02. The van der Waals surface area contributed by atoms with Gasteiger partial charge in [0.15, 0.2) is 0 Å². The number of amides is 1. The topological polar surface area (TPSA) is 56.2 Å². The molecule has 0 bridgehead atoms. The van der Waals surface area contributed by atoms with E-state index in [1.165, 1.54) is 19.3 Å². The summed E-state index contributed by atoms with van der Waals surface area (Å²) >= 11 is 0. The van der Waals surface area contributed by atoms with Gasteiger partial charge in [-0.25, -0.2) is 0 Å². The van der Waals surface area contributed by atoms with Gasteiger partial charge < -0.3 is 10.1 Å². The molecule has 1 amide bonds. The molecule has 25 heavy (non-hydrogen) atoms. The van der Waals surface area contributed by atoms with Crippen LogP contribution in [0.4, 0.5) is 0 Å². The molecule has 1 N–H and O–H groups in total. The SMILES string of the molecule is COc1ccc(-c2cnn(CCCC(=O)NC3CCCCC3)c2)cc1. The Morgan fingerprint density at radius 1 is 1.20 bits per heavy atom. The van der Waals surface area contributed by atoms with Gasteiger partial charge in [-0.15, -0.1) is 0 Å². The third-order valence-corrected chi connectivity index (χ3v) is 4.82. The summed E-state index contributed by atoms with van der Waals surface area (Å²) in [6.45, 7) is 0.758. The van der Waals surface area contributed by atoms with Gasteiger partial charge in [-0.3, -0.25) is 9.48 Å². The molecule has 0 radical (unpaired) electrons. The largest absolute Gasteiger partial charge is 0.497 e. The normalized spacial score (nSPS) is 15.1. The Morgan fingerprint density at radius 3 is 2.68 bits per heavy atom. The molecule has 0 spiro atoms. The maximum Gasteiger partial charge on any atom is 0.220 e. The Morgan fingerprint density at radius 2 is 1.96 bits per heavy atom. The lowest BCUT2D eigenvalue weighted by Gasteiger charge is -2.22. The molecule has 1 saturated carbocycles. The highest BCUT2D eigenvalue weighted by molar-refractivity contribution is 5.76. The van der Waals surface area contributed by atoms with Crippen LogP contribution in [0.5, 0.6) is 5.75 Å². The van der Waals surface area contributed by atoms with E-state index >= 15 is 0 Å². The van der Waals surface area contributed by atoms with Crippen molar-refractivity contribution in [1.29, 1.82) is 0 Å². The van der Waals surface area contributed by atoms with Gasteiger partial charge in [0, 0.05) is 30.8 Å². The molecule has 1 aromatic carbocycles. The average molecular weight is 341 g/mol. The van der Waals surface area contributed by atoms with Crippen LogP contribution in [0.15, 0.2) is 36.7 Å². The van der Waals surface area contributed by atoms with E-state index in [1.807, 2.05) is 41.3 Å². The maximum atomic E-state index is 12.0. The third kappa shape index (κ3) is 5.08. The molecule has 134 valence electrons. The van der Waals surface area contributed by atoms with Crippen LogP contribution in [0.2, 0.25) is 0 Å². The quantitative estimate of drug-likeness (QED) is 0.833. The number of carbonyl (C=O) groups excluding carboxylic acids is 1. The Hall–Kier alpha value is -2.30. The lowest BCUT2D eigenvalue weighted by atomic mass is 9.95. The van der Waals surface area contributed by atoms with E-state index in [4.69, 9.17) is 4.74 Å². The lowest BCUT2D eigenvalue weighted by Crippen LogP contribution is -2.36. The molecule has 5 nitrogen and oxygen atoms in total. The Bertz CT molecular complexity index is 673. The number of nitrogens with zero attached hydrogens (tertiary/aromatic N) is 2. The number of rotatable bonds is 7. The van der Waals surface area contributed by atoms with E-state index in [0.29, 0.717) is 12.5 Å². The van der Waals surface area contributed by atoms with Crippen LogP contribution in [0.3, 0.4) is 0 Å². The number of hydrogen-bond acceptors (Lipinski definition) is 3. The zero-order valence-corrected chi connectivity index (χ0v) is 14.9. The first kappa shape index (κ1) is 17.5. The van der Waals surface area contributed by atoms with Crippen LogP contribution in [0, 0.1) is 0 Å². The van der Waals surface area contributed by atoms with Gasteiger partial charge in [-0.2, -0.15) is 5.10 Å². The van der Waals surface area contributed by atoms with E-state index < -0.39 is 0 Å². The number of ether oxygens (including phenoxy) is 1. The second kappa shape index (κ2) is 8.70. The number of aryl methyl sites for hydroxylation is 1. The van der Waals surface area contributed by atoms with Crippen molar-refractivity contribution in [2.24, 2.45) is 0 Å². The molecule has 1 heterocycles. The summed E-state index contributed by atoms with van der Waals surface area (Å²) < 4.78 is 7.09. The number of hydrogen-bond donors (Lipinski definition) is 1. The molecule has 0 saturated heterocycles. The Kier molecular flexibility index (Phi) is 6.09. The predicted octanol–water partition coefficient (Wildman–Crippen LogP) is 3.79. The van der Waals surface area contributed by atoms with E-state index in [0.717, 1.165) is 42.7 Å². The van der Waals surface area contributed by atoms with Gasteiger partial charge in [0.05, 0.1) is 13.3 Å². The van der Waals surface area contributed by atoms with Crippen LogP contribution < -0.4 is 10.1 Å². The minimum Gasteiger partial charge on any atom is -0.497 e. The second-order valence-corrected chi connectivity index (χ2v) is 6.73. The zero-order valence-electron chi connectivity index (χ0n) is 14.9. The fourth-order valence-corrected chi connectivity index (χ4v) is 3.37. The summed E-state index contributed by atoms with van der Waals surface area (Å²) in [4.78, 5) is 12.0. The summed E-state index contributed by atoms with van der Waals surface area (Å²) in [6, 6.07) is 8.34. The second-order valence-electron chi connectivity index (χ2n) is 6.73. The number of carbonyl (C=O) groups is 1. The standard InChI is InChI=1S/C20H27N3O2/c1-25-19-11-9-16(10-12-19)17-14-21-23(15-17)13-5-8-20(24)22-18-6-3-2-4-7-18/h9-12,14-15,18H,2-8,13H2,1H3,(H,22,24). The summed E-state index contributed by atoms with van der Waals surface area (Å²) in [6.07, 6.45) is 11.3. The van der Waals surface area contributed by atoms with Crippen molar-refractivity contribution in [1.82, 2.24) is 15.1 Å². The molecule has 5 heteroatoms. The lowest BCUT2D eigenvalue weighted by molar-refractivity contribution is -0.122. The number of nitrogens with one attached hydrogen (secondary N) is 1. The first-order chi connectivity index (χ1) is 12.2. The molecule has 1 aromatic heterocycles. The van der Waals surface area contributed by atoms with E-state index in [1.54, 1.807) is 7.11 Å². The maximum absolute atomic E-state index is 12.0. The number of benzene rings is 1. The Labute approximate surface area is 149 Å². The van der Waals surface area contributed by atoms with Crippen LogP contribution >= 0.6 is 0 Å². The van der Waals surface area contributed by atoms with Crippen LogP contribution in [0.25, 0.3) is 11.1 Å². The first-order valence-corrected chi connectivity index (χ1v) is 9.21. The molecule has 0 aliphatic heterocycles. The number of aromatic nitrogens is 2. The molecule has 2 aromatic rings. The van der Waals surface area contributed by atoms with Gasteiger partial charge in [0.2, 0.25) is 5.91 Å². The van der Waals surface area contributed by atoms with Crippen molar-refractivity contribution in [2.45, 2.75) is 57.5 Å². The van der Waals surface area contributed by atoms with Gasteiger partial charge >= 0.3 is 0 Å². The van der Waals surface area contributed by atoms with Crippen LogP contribution in [-0.4, -0.2) is 28.8 Å². The molecule has 3 rings (SSSR count). The minimum absolute atomic E-state index is 0.175. The highest BCUT2D eigenvalue weighted by Crippen LogP contribution is 2.22. The number of methoxy groups -OCH3 is 1. The van der Waals surface area contributed by atoms with E-state index in [9.17, 15) is 4.79 Å². The molecule has 0 atom stereocenters. The monoisotopic (exact) mass is 341 g/mol. The zero-order chi connectivity index (χ0) is 17.5. The van der Waals surface area contributed by atoms with Gasteiger partial charge in [0.25, 0.3) is 0 Å². The highest BCUT2D eigenvalue weighted by atomic mass is 16.5. The molecule has 1 fully saturated rings. The van der Waals surface area contributed by atoms with Gasteiger partial charge in [0.1, 0.15) is 5.75 Å².